The van der Waals surface area contributed by atoms with Gasteiger partial charge in [0.15, 0.2) is 0 Å². The third kappa shape index (κ3) is 1.77. The number of rotatable bonds is 2. The summed E-state index contributed by atoms with van der Waals surface area (Å²) in [4.78, 5) is 11.0. The summed E-state index contributed by atoms with van der Waals surface area (Å²) in [6.45, 7) is 1.96. The second kappa shape index (κ2) is 3.71. The first-order chi connectivity index (χ1) is 5.38. The third-order valence-electron chi connectivity index (χ3n) is 1.28. The molecule has 0 fully saturated rings. The highest BCUT2D eigenvalue weighted by Gasteiger charge is 1.96. The lowest BCUT2D eigenvalue weighted by Gasteiger charge is -1.86. The van der Waals surface area contributed by atoms with Crippen molar-refractivity contribution < 1.29 is 0 Å². The zero-order valence-electron chi connectivity index (χ0n) is 6.70. The molecule has 58 valence electrons. The first-order valence-corrected chi connectivity index (χ1v) is 3.46. The lowest BCUT2D eigenvalue weighted by Crippen LogP contribution is -1.83. The summed E-state index contributed by atoms with van der Waals surface area (Å²) < 4.78 is 0. The number of H-pyrrole nitrogens is 1. The van der Waals surface area contributed by atoms with E-state index in [-0.39, 0.29) is 0 Å². The average molecular weight is 149 g/mol. The molecule has 1 N–H and O–H groups in total. The molecule has 0 aromatic carbocycles. The van der Waals surface area contributed by atoms with Gasteiger partial charge >= 0.3 is 0 Å². The maximum atomic E-state index is 4.09. The second-order valence-corrected chi connectivity index (χ2v) is 2.09. The van der Waals surface area contributed by atoms with Crippen LogP contribution in [-0.4, -0.2) is 23.2 Å². The highest BCUT2D eigenvalue weighted by Crippen LogP contribution is 2.01. The highest BCUT2D eigenvalue weighted by atomic mass is 14.9. The Hall–Kier alpha value is -1.38. The van der Waals surface area contributed by atoms with Crippen LogP contribution in [0.15, 0.2) is 17.4 Å². The summed E-state index contributed by atoms with van der Waals surface area (Å²) in [6, 6.07) is 0. The minimum absolute atomic E-state index is 0.929. The van der Waals surface area contributed by atoms with Crippen LogP contribution in [0.1, 0.15) is 18.3 Å². The maximum Gasteiger partial charge on any atom is 0.0932 e. The maximum absolute atomic E-state index is 4.09. The van der Waals surface area contributed by atoms with Crippen LogP contribution in [0.25, 0.3) is 6.08 Å². The third-order valence-corrected chi connectivity index (χ3v) is 1.28. The quantitative estimate of drug-likeness (QED) is 0.636. The van der Waals surface area contributed by atoms with E-state index >= 15 is 0 Å². The van der Waals surface area contributed by atoms with Gasteiger partial charge in [-0.3, -0.25) is 4.99 Å². The van der Waals surface area contributed by atoms with E-state index in [1.165, 1.54) is 0 Å². The summed E-state index contributed by atoms with van der Waals surface area (Å²) in [6.07, 6.45) is 7.30. The number of aromatic amines is 1. The van der Waals surface area contributed by atoms with Gasteiger partial charge in [-0.1, -0.05) is 6.08 Å². The molecule has 11 heavy (non-hydrogen) atoms. The van der Waals surface area contributed by atoms with E-state index in [1.807, 2.05) is 19.1 Å². The molecule has 1 rings (SSSR count). The van der Waals surface area contributed by atoms with E-state index in [2.05, 4.69) is 15.0 Å². The summed E-state index contributed by atoms with van der Waals surface area (Å²) >= 11 is 0. The Balaban J connectivity index is 2.95. The van der Waals surface area contributed by atoms with Crippen molar-refractivity contribution in [1.82, 2.24) is 9.97 Å². The van der Waals surface area contributed by atoms with Gasteiger partial charge in [-0.15, -0.1) is 0 Å². The number of nitrogens with zero attached hydrogens (tertiary/aromatic N) is 2. The van der Waals surface area contributed by atoms with Crippen molar-refractivity contribution in [3.05, 3.63) is 23.8 Å². The van der Waals surface area contributed by atoms with Gasteiger partial charge in [0.1, 0.15) is 0 Å². The van der Waals surface area contributed by atoms with Crippen LogP contribution >= 0.6 is 0 Å². The monoisotopic (exact) mass is 149 g/mol. The molecule has 3 nitrogen and oxygen atoms in total. The van der Waals surface area contributed by atoms with E-state index < -0.39 is 0 Å². The Morgan fingerprint density at radius 3 is 3.09 bits per heavy atom. The molecule has 1 aromatic heterocycles. The van der Waals surface area contributed by atoms with E-state index in [4.69, 9.17) is 0 Å². The fourth-order valence-electron chi connectivity index (χ4n) is 0.838. The minimum Gasteiger partial charge on any atom is -0.343 e. The number of aliphatic imine (C=N–C) groups is 1. The van der Waals surface area contributed by atoms with Gasteiger partial charge in [-0.25, -0.2) is 4.98 Å². The van der Waals surface area contributed by atoms with Crippen molar-refractivity contribution in [2.75, 3.05) is 7.05 Å². The smallest absolute Gasteiger partial charge is 0.0932 e. The lowest BCUT2D eigenvalue weighted by molar-refractivity contribution is 1.30. The molecule has 1 heterocycles. The van der Waals surface area contributed by atoms with E-state index in [0.717, 1.165) is 11.4 Å². The van der Waals surface area contributed by atoms with Crippen LogP contribution in [0, 0.1) is 0 Å². The van der Waals surface area contributed by atoms with Gasteiger partial charge in [0.2, 0.25) is 0 Å². The molecule has 0 radical (unpaired) electrons. The van der Waals surface area contributed by atoms with Gasteiger partial charge in [0.25, 0.3) is 0 Å². The molecule has 1 aromatic rings. The Bertz CT molecular complexity index is 244. The standard InChI is InChI=1S/C8H11N3/c1-3-4-7-8(5-9-2)11-6-10-7/h3-6H,1-2H3,(H,10,11)/b4-3-,9-5-. The normalized spacial score (nSPS) is 11.8. The molecule has 0 aliphatic carbocycles. The minimum atomic E-state index is 0.929. The van der Waals surface area contributed by atoms with Crippen molar-refractivity contribution >= 4 is 12.3 Å². The van der Waals surface area contributed by atoms with Crippen LogP contribution in [-0.2, 0) is 0 Å². The SMILES string of the molecule is C/C=C\c1nc[nH]c1/C=N\C. The number of imidazole rings is 1. The first kappa shape index (κ1) is 7.72. The van der Waals surface area contributed by atoms with Crippen LogP contribution in [0.3, 0.4) is 0 Å². The predicted molar refractivity (Wildman–Crippen MR) is 46.8 cm³/mol. The number of hydrogen-bond acceptors (Lipinski definition) is 2. The zero-order chi connectivity index (χ0) is 8.10. The number of hydrogen-bond donors (Lipinski definition) is 1. The van der Waals surface area contributed by atoms with Crippen LogP contribution in [0.2, 0.25) is 0 Å². The first-order valence-electron chi connectivity index (χ1n) is 3.46. The van der Waals surface area contributed by atoms with Gasteiger partial charge in [0, 0.05) is 13.3 Å². The van der Waals surface area contributed by atoms with Crippen LogP contribution in [0.5, 0.6) is 0 Å². The van der Waals surface area contributed by atoms with Crippen molar-refractivity contribution in [3.63, 3.8) is 0 Å². The van der Waals surface area contributed by atoms with Crippen molar-refractivity contribution in [3.8, 4) is 0 Å². The molecule has 0 saturated carbocycles. The molecular formula is C8H11N3. The Kier molecular flexibility index (Phi) is 2.60. The number of aromatic nitrogens is 2. The van der Waals surface area contributed by atoms with Crippen molar-refractivity contribution in [2.45, 2.75) is 6.92 Å². The Morgan fingerprint density at radius 2 is 2.45 bits per heavy atom. The molecule has 0 aliphatic rings. The molecule has 0 saturated heterocycles. The van der Waals surface area contributed by atoms with Gasteiger partial charge in [-0.2, -0.15) is 0 Å². The summed E-state index contributed by atoms with van der Waals surface area (Å²) in [7, 11) is 1.74. The molecule has 0 spiro atoms. The number of nitrogens with one attached hydrogen (secondary N) is 1. The zero-order valence-corrected chi connectivity index (χ0v) is 6.70. The van der Waals surface area contributed by atoms with E-state index in [0.29, 0.717) is 0 Å². The molecule has 0 bridgehead atoms. The average Bonchev–Trinajstić information content (AvgIpc) is 2.39. The Labute approximate surface area is 65.9 Å². The van der Waals surface area contributed by atoms with Gasteiger partial charge < -0.3 is 4.98 Å². The van der Waals surface area contributed by atoms with Gasteiger partial charge in [-0.05, 0) is 13.0 Å². The molecular weight excluding hydrogens is 138 g/mol. The largest absolute Gasteiger partial charge is 0.343 e. The second-order valence-electron chi connectivity index (χ2n) is 2.09. The fourth-order valence-corrected chi connectivity index (χ4v) is 0.838. The molecule has 0 unspecified atom stereocenters. The number of allylic oxidation sites excluding steroid dienone is 1. The molecule has 3 heteroatoms. The van der Waals surface area contributed by atoms with E-state index in [1.54, 1.807) is 19.6 Å². The lowest BCUT2D eigenvalue weighted by atomic mass is 10.3. The Morgan fingerprint density at radius 1 is 1.64 bits per heavy atom. The van der Waals surface area contributed by atoms with Crippen LogP contribution < -0.4 is 0 Å². The molecule has 0 aliphatic heterocycles. The predicted octanol–water partition coefficient (Wildman–Crippen LogP) is 1.49. The van der Waals surface area contributed by atoms with Gasteiger partial charge in [0.05, 0.1) is 17.7 Å². The summed E-state index contributed by atoms with van der Waals surface area (Å²) in [5.74, 6) is 0. The molecule has 0 amide bonds. The summed E-state index contributed by atoms with van der Waals surface area (Å²) in [5.41, 5.74) is 1.88. The topological polar surface area (TPSA) is 41.0 Å². The fraction of sp³-hybridized carbons (Fsp3) is 0.250. The molecule has 0 atom stereocenters. The van der Waals surface area contributed by atoms with E-state index in [9.17, 15) is 0 Å². The highest BCUT2D eigenvalue weighted by molar-refractivity contribution is 5.81. The van der Waals surface area contributed by atoms with Crippen molar-refractivity contribution in [2.24, 2.45) is 4.99 Å². The van der Waals surface area contributed by atoms with Crippen molar-refractivity contribution in [1.29, 1.82) is 0 Å². The summed E-state index contributed by atoms with van der Waals surface area (Å²) in [5, 5.41) is 0. The van der Waals surface area contributed by atoms with Crippen LogP contribution in [0.4, 0.5) is 0 Å².